The van der Waals surface area contributed by atoms with Crippen molar-refractivity contribution in [2.45, 2.75) is 19.4 Å². The summed E-state index contributed by atoms with van der Waals surface area (Å²) in [5, 5.41) is 2.50. The Bertz CT molecular complexity index is 1130. The first-order valence-corrected chi connectivity index (χ1v) is 10.2. The van der Waals surface area contributed by atoms with E-state index in [1.54, 1.807) is 13.0 Å². The van der Waals surface area contributed by atoms with Gasteiger partial charge in [0.1, 0.15) is 17.2 Å². The number of hydrogen-bond acceptors (Lipinski definition) is 5. The highest BCUT2D eigenvalue weighted by molar-refractivity contribution is 7.89. The fourth-order valence-corrected chi connectivity index (χ4v) is 4.56. The zero-order valence-electron chi connectivity index (χ0n) is 16.0. The van der Waals surface area contributed by atoms with Gasteiger partial charge in [0.05, 0.1) is 11.3 Å². The lowest BCUT2D eigenvalue weighted by atomic mass is 9.93. The summed E-state index contributed by atoms with van der Waals surface area (Å²) in [6.07, 6.45) is 0. The number of nitrogens with two attached hydrogens (primary N) is 1. The Kier molecular flexibility index (Phi) is 5.08. The summed E-state index contributed by atoms with van der Waals surface area (Å²) >= 11 is 0. The van der Waals surface area contributed by atoms with Crippen LogP contribution in [0.3, 0.4) is 0 Å². The number of guanidine groups is 1. The molecule has 1 amide bonds. The summed E-state index contributed by atoms with van der Waals surface area (Å²) in [5.41, 5.74) is 4.81. The third-order valence-electron chi connectivity index (χ3n) is 4.74. The first-order chi connectivity index (χ1) is 13.4. The van der Waals surface area contributed by atoms with E-state index in [0.717, 1.165) is 10.4 Å². The second-order valence-corrected chi connectivity index (χ2v) is 9.10. The van der Waals surface area contributed by atoms with Crippen LogP contribution in [0.4, 0.5) is 14.5 Å². The average Bonchev–Trinajstić information content (AvgIpc) is 2.60. The molecule has 0 radical (unpaired) electrons. The Hall–Kier alpha value is -3.01. The van der Waals surface area contributed by atoms with Crippen LogP contribution in [0.15, 0.2) is 41.4 Å². The maximum absolute atomic E-state index is 14.6. The number of halogens is 2. The molecule has 154 valence electrons. The number of carbonyl (C=O) groups excluding carboxylic acids is 1. The fourth-order valence-electron chi connectivity index (χ4n) is 3.11. The van der Waals surface area contributed by atoms with Gasteiger partial charge in [-0.3, -0.25) is 4.79 Å². The molecule has 0 saturated carbocycles. The Balaban J connectivity index is 1.98. The molecule has 0 aromatic heterocycles. The van der Waals surface area contributed by atoms with Crippen molar-refractivity contribution in [2.75, 3.05) is 18.1 Å². The highest BCUT2D eigenvalue weighted by atomic mass is 32.2. The van der Waals surface area contributed by atoms with Crippen molar-refractivity contribution < 1.29 is 22.0 Å². The zero-order valence-corrected chi connectivity index (χ0v) is 16.8. The number of aryl methyl sites for hydroxylation is 1. The van der Waals surface area contributed by atoms with Crippen molar-refractivity contribution in [2.24, 2.45) is 10.7 Å². The molecule has 1 heterocycles. The molecule has 1 aliphatic heterocycles. The molecule has 3 rings (SSSR count). The van der Waals surface area contributed by atoms with Crippen LogP contribution >= 0.6 is 0 Å². The summed E-state index contributed by atoms with van der Waals surface area (Å²) < 4.78 is 54.1. The number of nitrogens with zero attached hydrogens (tertiary/aromatic N) is 2. The van der Waals surface area contributed by atoms with E-state index in [1.165, 1.54) is 38.2 Å². The van der Waals surface area contributed by atoms with E-state index in [0.29, 0.717) is 5.56 Å². The number of sulfonamides is 1. The number of amides is 1. The molecule has 2 aromatic rings. The second-order valence-electron chi connectivity index (χ2n) is 7.10. The number of carbonyl (C=O) groups is 1. The Labute approximate surface area is 167 Å². The molecule has 0 fully saturated rings. The van der Waals surface area contributed by atoms with Crippen LogP contribution < -0.4 is 11.1 Å². The Morgan fingerprint density at radius 1 is 1.21 bits per heavy atom. The van der Waals surface area contributed by atoms with Crippen LogP contribution in [0.5, 0.6) is 0 Å². The number of rotatable bonds is 3. The van der Waals surface area contributed by atoms with E-state index >= 15 is 0 Å². The van der Waals surface area contributed by atoms with Crippen LogP contribution in [-0.2, 0) is 15.6 Å². The Morgan fingerprint density at radius 2 is 1.90 bits per heavy atom. The summed E-state index contributed by atoms with van der Waals surface area (Å²) in [6.45, 7) is 3.13. The van der Waals surface area contributed by atoms with Gasteiger partial charge in [0.2, 0.25) is 16.0 Å². The van der Waals surface area contributed by atoms with E-state index in [9.17, 15) is 22.0 Å². The monoisotopic (exact) mass is 422 g/mol. The lowest BCUT2D eigenvalue weighted by Crippen LogP contribution is -2.50. The molecule has 1 atom stereocenters. The predicted octanol–water partition coefficient (Wildman–Crippen LogP) is 2.33. The minimum atomic E-state index is -3.80. The molecule has 3 N–H and O–H groups in total. The van der Waals surface area contributed by atoms with E-state index in [-0.39, 0.29) is 22.8 Å². The maximum Gasteiger partial charge on any atom is 0.258 e. The van der Waals surface area contributed by atoms with E-state index in [1.807, 2.05) is 0 Å². The maximum atomic E-state index is 14.6. The highest BCUT2D eigenvalue weighted by Gasteiger charge is 2.41. The van der Waals surface area contributed by atoms with Crippen LogP contribution in [0.25, 0.3) is 0 Å². The molecular formula is C19H20F2N4O3S. The van der Waals surface area contributed by atoms with Gasteiger partial charge in [-0.25, -0.2) is 26.5 Å². The predicted molar refractivity (Wildman–Crippen MR) is 106 cm³/mol. The largest absolute Gasteiger partial charge is 0.369 e. The van der Waals surface area contributed by atoms with E-state index < -0.39 is 38.9 Å². The lowest BCUT2D eigenvalue weighted by Gasteiger charge is -2.34. The van der Waals surface area contributed by atoms with Gasteiger partial charge in [-0.2, -0.15) is 0 Å². The first kappa shape index (κ1) is 20.7. The van der Waals surface area contributed by atoms with Crippen LogP contribution in [0.1, 0.15) is 28.4 Å². The summed E-state index contributed by atoms with van der Waals surface area (Å²) in [5.74, 6) is -2.88. The standard InChI is InChI=1S/C19H20F2N4O3S/c1-11-4-6-13(16(21)8-11)17(26)23-12-5-7-15(20)14(9-12)19(2)10-29(27,28)25(3)18(22)24-19/h4-9H,10H2,1-3H3,(H2,22,24)(H,23,26)/t19-/m0/s1. The molecule has 0 aliphatic carbocycles. The van der Waals surface area contributed by atoms with Gasteiger partial charge in [-0.1, -0.05) is 6.07 Å². The molecule has 1 aliphatic rings. The molecule has 29 heavy (non-hydrogen) atoms. The number of nitrogens with one attached hydrogen (secondary N) is 1. The molecule has 0 unspecified atom stereocenters. The fraction of sp³-hybridized carbons (Fsp3) is 0.263. The SMILES string of the molecule is Cc1ccc(C(=O)Nc2ccc(F)c([C@]3(C)CS(=O)(=O)N(C)C(N)=N3)c2)c(F)c1. The second kappa shape index (κ2) is 7.11. The van der Waals surface area contributed by atoms with Gasteiger partial charge in [-0.15, -0.1) is 0 Å². The highest BCUT2D eigenvalue weighted by Crippen LogP contribution is 2.34. The van der Waals surface area contributed by atoms with Gasteiger partial charge in [0.25, 0.3) is 5.91 Å². The van der Waals surface area contributed by atoms with Gasteiger partial charge in [0, 0.05) is 18.3 Å². The van der Waals surface area contributed by atoms with Crippen molar-refractivity contribution >= 4 is 27.6 Å². The zero-order chi connectivity index (χ0) is 21.6. The molecule has 10 heteroatoms. The minimum absolute atomic E-state index is 0.0562. The van der Waals surface area contributed by atoms with Crippen molar-refractivity contribution in [3.8, 4) is 0 Å². The van der Waals surface area contributed by atoms with Gasteiger partial charge in [0.15, 0.2) is 0 Å². The first-order valence-electron chi connectivity index (χ1n) is 8.62. The smallest absolute Gasteiger partial charge is 0.258 e. The molecular weight excluding hydrogens is 402 g/mol. The number of hydrogen-bond donors (Lipinski definition) is 2. The summed E-state index contributed by atoms with van der Waals surface area (Å²) in [6, 6.07) is 7.82. The third-order valence-corrected chi connectivity index (χ3v) is 6.69. The topological polar surface area (TPSA) is 105 Å². The number of aliphatic imine (C=N–C) groups is 1. The van der Waals surface area contributed by atoms with Crippen molar-refractivity contribution in [3.63, 3.8) is 0 Å². The summed E-state index contributed by atoms with van der Waals surface area (Å²) in [4.78, 5) is 16.6. The normalized spacial score (nSPS) is 20.9. The van der Waals surface area contributed by atoms with Crippen LogP contribution in [0, 0.1) is 18.6 Å². The lowest BCUT2D eigenvalue weighted by molar-refractivity contribution is 0.102. The Morgan fingerprint density at radius 3 is 2.52 bits per heavy atom. The molecule has 2 aromatic carbocycles. The van der Waals surface area contributed by atoms with Crippen LogP contribution in [0.2, 0.25) is 0 Å². The van der Waals surface area contributed by atoms with E-state index in [2.05, 4.69) is 10.3 Å². The molecule has 7 nitrogen and oxygen atoms in total. The van der Waals surface area contributed by atoms with Crippen molar-refractivity contribution in [1.29, 1.82) is 0 Å². The quantitative estimate of drug-likeness (QED) is 0.792. The van der Waals surface area contributed by atoms with Crippen molar-refractivity contribution in [3.05, 3.63) is 64.7 Å². The van der Waals surface area contributed by atoms with Crippen LogP contribution in [-0.4, -0.2) is 37.4 Å². The van der Waals surface area contributed by atoms with Crippen molar-refractivity contribution in [1.82, 2.24) is 4.31 Å². The molecule has 0 saturated heterocycles. The molecule has 0 spiro atoms. The molecule has 0 bridgehead atoms. The van der Waals surface area contributed by atoms with Gasteiger partial charge in [-0.05, 0) is 49.7 Å². The van der Waals surface area contributed by atoms with E-state index in [4.69, 9.17) is 5.73 Å². The van der Waals surface area contributed by atoms with Gasteiger partial charge < -0.3 is 11.1 Å². The average molecular weight is 422 g/mol. The van der Waals surface area contributed by atoms with Gasteiger partial charge >= 0.3 is 0 Å². The summed E-state index contributed by atoms with van der Waals surface area (Å²) in [7, 11) is -2.54. The third kappa shape index (κ3) is 3.93. The minimum Gasteiger partial charge on any atom is -0.369 e. The number of benzene rings is 2. The number of anilines is 1.